The first-order valence-electron chi connectivity index (χ1n) is 12.0. The Morgan fingerprint density at radius 2 is 1.73 bits per heavy atom. The highest BCUT2D eigenvalue weighted by Gasteiger charge is 2.39. The monoisotopic (exact) mass is 436 g/mol. The van der Waals surface area contributed by atoms with Gasteiger partial charge in [-0.25, -0.2) is 4.79 Å². The van der Waals surface area contributed by atoms with Crippen LogP contribution in [0, 0.1) is 6.92 Å². The Bertz CT molecular complexity index is 1180. The first-order valence-corrected chi connectivity index (χ1v) is 12.0. The van der Waals surface area contributed by atoms with Crippen LogP contribution >= 0.6 is 0 Å². The molecule has 4 heteroatoms. The maximum atomic E-state index is 13.3. The minimum Gasteiger partial charge on any atom is -0.448 e. The summed E-state index contributed by atoms with van der Waals surface area (Å²) in [6, 6.07) is 21.4. The maximum absolute atomic E-state index is 13.3. The fourth-order valence-electron chi connectivity index (χ4n) is 5.85. The lowest BCUT2D eigenvalue weighted by Crippen LogP contribution is -2.51. The quantitative estimate of drug-likeness (QED) is 0.480. The molecule has 3 heterocycles. The molecule has 2 aromatic carbocycles. The summed E-state index contributed by atoms with van der Waals surface area (Å²) in [7, 11) is 0. The van der Waals surface area contributed by atoms with Gasteiger partial charge in [0, 0.05) is 23.9 Å². The van der Waals surface area contributed by atoms with Crippen molar-refractivity contribution < 1.29 is 9.53 Å². The van der Waals surface area contributed by atoms with E-state index in [1.165, 1.54) is 33.4 Å². The number of piperidine rings is 1. The number of pyridine rings is 1. The molecule has 166 valence electrons. The third kappa shape index (κ3) is 3.54. The van der Waals surface area contributed by atoms with Crippen molar-refractivity contribution in [3.05, 3.63) is 95.3 Å². The first kappa shape index (κ1) is 20.2. The van der Waals surface area contributed by atoms with Crippen LogP contribution in [0.3, 0.4) is 0 Å². The Kier molecular flexibility index (Phi) is 5.01. The van der Waals surface area contributed by atoms with Crippen molar-refractivity contribution in [3.8, 4) is 11.1 Å². The average molecular weight is 437 g/mol. The van der Waals surface area contributed by atoms with Crippen molar-refractivity contribution in [3.63, 3.8) is 0 Å². The van der Waals surface area contributed by atoms with Gasteiger partial charge in [-0.3, -0.25) is 9.88 Å². The van der Waals surface area contributed by atoms with Crippen LogP contribution in [0.4, 0.5) is 4.79 Å². The Morgan fingerprint density at radius 3 is 2.39 bits per heavy atom. The van der Waals surface area contributed by atoms with Gasteiger partial charge in [0.25, 0.3) is 0 Å². The lowest BCUT2D eigenvalue weighted by Gasteiger charge is -2.44. The minimum atomic E-state index is -0.177. The van der Waals surface area contributed by atoms with Crippen molar-refractivity contribution in [2.45, 2.75) is 50.6 Å². The molecule has 4 nitrogen and oxygen atoms in total. The second-order valence-electron chi connectivity index (χ2n) is 9.45. The lowest BCUT2D eigenvalue weighted by atomic mass is 9.83. The second kappa shape index (κ2) is 8.18. The molecular weight excluding hydrogens is 408 g/mol. The molecule has 1 amide bonds. The largest absolute Gasteiger partial charge is 0.448 e. The van der Waals surface area contributed by atoms with Crippen LogP contribution in [-0.4, -0.2) is 34.7 Å². The summed E-state index contributed by atoms with van der Waals surface area (Å²) in [5.74, 6) is 0.0933. The zero-order chi connectivity index (χ0) is 22.4. The van der Waals surface area contributed by atoms with Crippen molar-refractivity contribution in [1.82, 2.24) is 9.88 Å². The first-order chi connectivity index (χ1) is 16.2. The van der Waals surface area contributed by atoms with Crippen molar-refractivity contribution in [1.29, 1.82) is 0 Å². The zero-order valence-electron chi connectivity index (χ0n) is 18.9. The van der Waals surface area contributed by atoms with Crippen LogP contribution < -0.4 is 0 Å². The van der Waals surface area contributed by atoms with Crippen LogP contribution in [0.2, 0.25) is 0 Å². The van der Waals surface area contributed by atoms with Crippen molar-refractivity contribution >= 4 is 11.7 Å². The molecule has 1 aliphatic carbocycles. The SMILES string of the molecule is Cc1ccc(C2=CC3CCCC(C2)N3C(=O)OCC2c3ccccc3-c3ccccc32)cn1. The summed E-state index contributed by atoms with van der Waals surface area (Å²) in [6.45, 7) is 2.38. The molecule has 1 aromatic heterocycles. The van der Waals surface area contributed by atoms with Gasteiger partial charge in [0.1, 0.15) is 6.61 Å². The van der Waals surface area contributed by atoms with Crippen LogP contribution in [0.25, 0.3) is 16.7 Å². The summed E-state index contributed by atoms with van der Waals surface area (Å²) in [4.78, 5) is 19.8. The molecule has 2 atom stereocenters. The highest BCUT2D eigenvalue weighted by atomic mass is 16.6. The molecule has 0 N–H and O–H groups in total. The molecule has 2 bridgehead atoms. The summed E-state index contributed by atoms with van der Waals surface area (Å²) in [5, 5.41) is 0. The number of fused-ring (bicyclic) bond motifs is 5. The number of carbonyl (C=O) groups excluding carboxylic acids is 1. The number of hydrogen-bond acceptors (Lipinski definition) is 3. The van der Waals surface area contributed by atoms with Gasteiger partial charge in [0.15, 0.2) is 0 Å². The standard InChI is InChI=1S/C29H28N2O2/c1-19-13-14-20(17-30-19)21-15-22-7-6-8-23(16-21)31(22)29(32)33-18-28-26-11-4-2-9-24(26)25-10-3-5-12-27(25)28/h2-5,9-15,17,22-23,28H,6-8,16,18H2,1H3. The third-order valence-corrected chi connectivity index (χ3v) is 7.47. The van der Waals surface area contributed by atoms with Gasteiger partial charge in [-0.1, -0.05) is 60.7 Å². The number of ether oxygens (including phenoxy) is 1. The highest BCUT2D eigenvalue weighted by molar-refractivity contribution is 5.79. The Hall–Kier alpha value is -3.40. The van der Waals surface area contributed by atoms with Gasteiger partial charge < -0.3 is 4.74 Å². The van der Waals surface area contributed by atoms with E-state index < -0.39 is 0 Å². The number of carbonyl (C=O) groups is 1. The summed E-state index contributed by atoms with van der Waals surface area (Å²) < 4.78 is 6.02. The molecule has 2 aliphatic heterocycles. The van der Waals surface area contributed by atoms with Crippen molar-refractivity contribution in [2.24, 2.45) is 0 Å². The average Bonchev–Trinajstić information content (AvgIpc) is 3.16. The van der Waals surface area contributed by atoms with Gasteiger partial charge >= 0.3 is 6.09 Å². The van der Waals surface area contributed by atoms with E-state index in [0.717, 1.165) is 31.4 Å². The van der Waals surface area contributed by atoms with E-state index in [-0.39, 0.29) is 24.1 Å². The number of benzene rings is 2. The molecule has 33 heavy (non-hydrogen) atoms. The molecule has 1 fully saturated rings. The van der Waals surface area contributed by atoms with Crippen LogP contribution in [0.1, 0.15) is 54.0 Å². The number of rotatable bonds is 3. The van der Waals surface area contributed by atoms with E-state index in [1.807, 2.05) is 18.0 Å². The number of aryl methyl sites for hydroxylation is 1. The Labute approximate surface area is 194 Å². The Balaban J connectivity index is 1.22. The molecule has 3 aromatic rings. The molecule has 2 unspecified atom stereocenters. The lowest BCUT2D eigenvalue weighted by molar-refractivity contribution is 0.0539. The molecule has 3 aliphatic rings. The van der Waals surface area contributed by atoms with Crippen molar-refractivity contribution in [2.75, 3.05) is 6.61 Å². The molecule has 0 spiro atoms. The topological polar surface area (TPSA) is 42.4 Å². The van der Waals surface area contributed by atoms with Crippen LogP contribution in [0.5, 0.6) is 0 Å². The predicted molar refractivity (Wildman–Crippen MR) is 130 cm³/mol. The second-order valence-corrected chi connectivity index (χ2v) is 9.45. The van der Waals surface area contributed by atoms with E-state index in [2.05, 4.69) is 71.7 Å². The Morgan fingerprint density at radius 1 is 1.00 bits per heavy atom. The fourth-order valence-corrected chi connectivity index (χ4v) is 5.85. The van der Waals surface area contributed by atoms with Gasteiger partial charge in [-0.2, -0.15) is 0 Å². The molecular formula is C29H28N2O2. The maximum Gasteiger partial charge on any atom is 0.410 e. The number of hydrogen-bond donors (Lipinski definition) is 0. The minimum absolute atomic E-state index is 0.0933. The zero-order valence-corrected chi connectivity index (χ0v) is 18.9. The van der Waals surface area contributed by atoms with Gasteiger partial charge in [0.05, 0.1) is 6.04 Å². The smallest absolute Gasteiger partial charge is 0.410 e. The van der Waals surface area contributed by atoms with E-state index in [4.69, 9.17) is 4.74 Å². The van der Waals surface area contributed by atoms with Gasteiger partial charge in [-0.05, 0) is 72.1 Å². The van der Waals surface area contributed by atoms with Crippen LogP contribution in [-0.2, 0) is 4.74 Å². The molecule has 6 rings (SSSR count). The molecule has 0 saturated carbocycles. The van der Waals surface area contributed by atoms with E-state index in [1.54, 1.807) is 0 Å². The number of aromatic nitrogens is 1. The molecule has 1 saturated heterocycles. The third-order valence-electron chi connectivity index (χ3n) is 7.47. The fraction of sp³-hybridized carbons (Fsp3) is 0.310. The summed E-state index contributed by atoms with van der Waals surface area (Å²) in [5.41, 5.74) is 8.51. The summed E-state index contributed by atoms with van der Waals surface area (Å²) >= 11 is 0. The molecule has 0 radical (unpaired) electrons. The highest BCUT2D eigenvalue weighted by Crippen LogP contribution is 2.45. The normalized spacial score (nSPS) is 21.2. The summed E-state index contributed by atoms with van der Waals surface area (Å²) in [6.07, 6.45) is 8.08. The van der Waals surface area contributed by atoms with E-state index in [0.29, 0.717) is 6.61 Å². The predicted octanol–water partition coefficient (Wildman–Crippen LogP) is 6.35. The van der Waals surface area contributed by atoms with Crippen LogP contribution in [0.15, 0.2) is 72.9 Å². The van der Waals surface area contributed by atoms with Gasteiger partial charge in [0.2, 0.25) is 0 Å². The number of amides is 1. The number of nitrogens with zero attached hydrogens (tertiary/aromatic N) is 2. The van der Waals surface area contributed by atoms with E-state index in [9.17, 15) is 4.79 Å². The van der Waals surface area contributed by atoms with Gasteiger partial charge in [-0.15, -0.1) is 0 Å². The van der Waals surface area contributed by atoms with E-state index >= 15 is 0 Å².